The molecule has 0 radical (unpaired) electrons. The van der Waals surface area contributed by atoms with E-state index >= 15 is 0 Å². The normalized spacial score (nSPS) is 23.9. The molecule has 0 aromatic rings. The van der Waals surface area contributed by atoms with E-state index in [-0.39, 0.29) is 23.6 Å². The second-order valence-corrected chi connectivity index (χ2v) is 5.57. The van der Waals surface area contributed by atoms with Crippen molar-refractivity contribution in [3.05, 3.63) is 11.3 Å². The smallest absolute Gasteiger partial charge is 0.307 e. The zero-order chi connectivity index (χ0) is 12.5. The Bertz CT molecular complexity index is 306. The molecule has 3 heteroatoms. The number of allylic oxidation sites excluding steroid dienone is 1. The van der Waals surface area contributed by atoms with Gasteiger partial charge in [-0.05, 0) is 46.6 Å². The summed E-state index contributed by atoms with van der Waals surface area (Å²) in [7, 11) is 0. The van der Waals surface area contributed by atoms with Crippen LogP contribution in [0.3, 0.4) is 0 Å². The van der Waals surface area contributed by atoms with Gasteiger partial charge < -0.3 is 9.47 Å². The van der Waals surface area contributed by atoms with Gasteiger partial charge in [-0.3, -0.25) is 4.79 Å². The van der Waals surface area contributed by atoms with Gasteiger partial charge in [0.05, 0.1) is 11.7 Å². The van der Waals surface area contributed by atoms with Crippen molar-refractivity contribution in [2.75, 3.05) is 0 Å². The van der Waals surface area contributed by atoms with Crippen molar-refractivity contribution in [2.24, 2.45) is 5.92 Å². The lowest BCUT2D eigenvalue weighted by molar-refractivity contribution is -0.137. The van der Waals surface area contributed by atoms with Crippen molar-refractivity contribution >= 4 is 5.97 Å². The third kappa shape index (κ3) is 3.97. The van der Waals surface area contributed by atoms with Crippen molar-refractivity contribution in [3.63, 3.8) is 0 Å². The van der Waals surface area contributed by atoms with Crippen LogP contribution >= 0.6 is 0 Å². The van der Waals surface area contributed by atoms with Crippen LogP contribution in [0.25, 0.3) is 0 Å². The van der Waals surface area contributed by atoms with Crippen molar-refractivity contribution in [3.8, 4) is 0 Å². The maximum Gasteiger partial charge on any atom is 0.307 e. The molecule has 0 spiro atoms. The first-order chi connectivity index (χ1) is 7.20. The van der Waals surface area contributed by atoms with Gasteiger partial charge in [0.15, 0.2) is 0 Å². The SMILES string of the molecule is CC(=O)OC(=C(C)C)[C@H]1C[C@@H]1OC(C)(C)C. The molecule has 92 valence electrons. The highest BCUT2D eigenvalue weighted by Crippen LogP contribution is 2.43. The topological polar surface area (TPSA) is 35.5 Å². The largest absolute Gasteiger partial charge is 0.431 e. The Morgan fingerprint density at radius 2 is 1.75 bits per heavy atom. The molecule has 1 saturated carbocycles. The van der Waals surface area contributed by atoms with Gasteiger partial charge in [0.25, 0.3) is 0 Å². The van der Waals surface area contributed by atoms with Gasteiger partial charge in [0.1, 0.15) is 5.76 Å². The van der Waals surface area contributed by atoms with Crippen molar-refractivity contribution in [1.29, 1.82) is 0 Å². The predicted molar refractivity (Wildman–Crippen MR) is 62.9 cm³/mol. The molecule has 3 nitrogen and oxygen atoms in total. The molecule has 0 heterocycles. The molecular formula is C13H22O3. The fourth-order valence-corrected chi connectivity index (χ4v) is 1.74. The van der Waals surface area contributed by atoms with E-state index in [2.05, 4.69) is 0 Å². The Labute approximate surface area is 97.8 Å². The molecule has 1 fully saturated rings. The number of rotatable bonds is 3. The molecule has 0 saturated heterocycles. The summed E-state index contributed by atoms with van der Waals surface area (Å²) in [6.07, 6.45) is 1.15. The van der Waals surface area contributed by atoms with Gasteiger partial charge in [0, 0.05) is 12.8 Å². The van der Waals surface area contributed by atoms with Crippen LogP contribution in [0.1, 0.15) is 48.0 Å². The molecule has 2 atom stereocenters. The zero-order valence-electron chi connectivity index (χ0n) is 11.1. The first kappa shape index (κ1) is 13.2. The Morgan fingerprint density at radius 3 is 2.12 bits per heavy atom. The van der Waals surface area contributed by atoms with Crippen LogP contribution in [-0.4, -0.2) is 17.7 Å². The molecule has 0 N–H and O–H groups in total. The highest BCUT2D eigenvalue weighted by molar-refractivity contribution is 5.67. The standard InChI is InChI=1S/C13H22O3/c1-8(2)12(15-9(3)14)10-7-11(10)16-13(4,5)6/h10-11H,7H2,1-6H3/t10-,11-/m0/s1. The number of carbonyl (C=O) groups excluding carboxylic acids is 1. The second-order valence-electron chi connectivity index (χ2n) is 5.57. The highest BCUT2D eigenvalue weighted by atomic mass is 16.5. The first-order valence-corrected chi connectivity index (χ1v) is 5.74. The Kier molecular flexibility index (Phi) is 3.79. The molecule has 0 aromatic carbocycles. The van der Waals surface area contributed by atoms with E-state index in [4.69, 9.17) is 9.47 Å². The van der Waals surface area contributed by atoms with Gasteiger partial charge in [0.2, 0.25) is 0 Å². The molecule has 0 amide bonds. The van der Waals surface area contributed by atoms with E-state index in [9.17, 15) is 4.79 Å². The fraction of sp³-hybridized carbons (Fsp3) is 0.769. The van der Waals surface area contributed by atoms with Gasteiger partial charge >= 0.3 is 5.97 Å². The van der Waals surface area contributed by atoms with Crippen molar-refractivity contribution in [2.45, 2.75) is 59.7 Å². The monoisotopic (exact) mass is 226 g/mol. The van der Waals surface area contributed by atoms with Crippen LogP contribution in [-0.2, 0) is 14.3 Å². The van der Waals surface area contributed by atoms with Crippen molar-refractivity contribution in [1.82, 2.24) is 0 Å². The summed E-state index contributed by atoms with van der Waals surface area (Å²) in [6.45, 7) is 11.5. The Morgan fingerprint density at radius 1 is 1.19 bits per heavy atom. The summed E-state index contributed by atoms with van der Waals surface area (Å²) >= 11 is 0. The van der Waals surface area contributed by atoms with E-state index in [0.717, 1.165) is 17.8 Å². The molecule has 1 aliphatic carbocycles. The number of hydrogen-bond acceptors (Lipinski definition) is 3. The third-order valence-electron chi connectivity index (χ3n) is 2.32. The minimum Gasteiger partial charge on any atom is -0.431 e. The second kappa shape index (κ2) is 4.58. The molecule has 0 unspecified atom stereocenters. The van der Waals surface area contributed by atoms with Gasteiger partial charge in [-0.15, -0.1) is 0 Å². The van der Waals surface area contributed by atoms with Crippen LogP contribution in [0, 0.1) is 5.92 Å². The number of esters is 1. The zero-order valence-corrected chi connectivity index (χ0v) is 11.1. The molecule has 16 heavy (non-hydrogen) atoms. The number of carbonyl (C=O) groups is 1. The van der Waals surface area contributed by atoms with Gasteiger partial charge in [-0.25, -0.2) is 0 Å². The van der Waals surface area contributed by atoms with E-state index in [1.54, 1.807) is 0 Å². The summed E-state index contributed by atoms with van der Waals surface area (Å²) in [6, 6.07) is 0. The van der Waals surface area contributed by atoms with Crippen LogP contribution in [0.2, 0.25) is 0 Å². The van der Waals surface area contributed by atoms with E-state index in [0.29, 0.717) is 0 Å². The van der Waals surface area contributed by atoms with Crippen LogP contribution < -0.4 is 0 Å². The minimum absolute atomic E-state index is 0.137. The van der Waals surface area contributed by atoms with Crippen LogP contribution in [0.15, 0.2) is 11.3 Å². The number of ether oxygens (including phenoxy) is 2. The lowest BCUT2D eigenvalue weighted by Crippen LogP contribution is -2.21. The molecule has 0 aliphatic heterocycles. The van der Waals surface area contributed by atoms with E-state index in [1.165, 1.54) is 6.92 Å². The van der Waals surface area contributed by atoms with E-state index in [1.807, 2.05) is 34.6 Å². The summed E-state index contributed by atoms with van der Waals surface area (Å²) in [5, 5.41) is 0. The van der Waals surface area contributed by atoms with E-state index < -0.39 is 0 Å². The summed E-state index contributed by atoms with van der Waals surface area (Å²) in [5.41, 5.74) is 0.919. The van der Waals surface area contributed by atoms with Crippen molar-refractivity contribution < 1.29 is 14.3 Å². The summed E-state index contributed by atoms with van der Waals surface area (Å²) in [4.78, 5) is 11.0. The highest BCUT2D eigenvalue weighted by Gasteiger charge is 2.45. The van der Waals surface area contributed by atoms with Crippen LogP contribution in [0.4, 0.5) is 0 Å². The quantitative estimate of drug-likeness (QED) is 0.548. The maximum absolute atomic E-state index is 11.0. The lowest BCUT2D eigenvalue weighted by Gasteiger charge is -2.20. The average molecular weight is 226 g/mol. The fourth-order valence-electron chi connectivity index (χ4n) is 1.74. The van der Waals surface area contributed by atoms with Gasteiger partial charge in [-0.2, -0.15) is 0 Å². The molecule has 1 rings (SSSR count). The summed E-state index contributed by atoms with van der Waals surface area (Å²) < 4.78 is 11.1. The lowest BCUT2D eigenvalue weighted by atomic mass is 10.2. The molecule has 0 bridgehead atoms. The third-order valence-corrected chi connectivity index (χ3v) is 2.32. The molecule has 1 aliphatic rings. The molecular weight excluding hydrogens is 204 g/mol. The van der Waals surface area contributed by atoms with Gasteiger partial charge in [-0.1, -0.05) is 0 Å². The first-order valence-electron chi connectivity index (χ1n) is 5.74. The summed E-state index contributed by atoms with van der Waals surface area (Å²) in [5.74, 6) is 0.799. The average Bonchev–Trinajstić information content (AvgIpc) is 2.75. The Hall–Kier alpha value is -0.830. The predicted octanol–water partition coefficient (Wildman–Crippen LogP) is 3.05. The van der Waals surface area contributed by atoms with Crippen LogP contribution in [0.5, 0.6) is 0 Å². The number of hydrogen-bond donors (Lipinski definition) is 0. The minimum atomic E-state index is -0.252. The maximum atomic E-state index is 11.0. The molecule has 0 aromatic heterocycles. The Balaban J connectivity index is 2.59.